The predicted molar refractivity (Wildman–Crippen MR) is 68.1 cm³/mol. The molecule has 0 bridgehead atoms. The highest BCUT2D eigenvalue weighted by Gasteiger charge is 2.34. The quantitative estimate of drug-likeness (QED) is 0.686. The van der Waals surface area contributed by atoms with Gasteiger partial charge in [0.2, 0.25) is 0 Å². The molecule has 1 rings (SSSR count). The van der Waals surface area contributed by atoms with Gasteiger partial charge in [-0.3, -0.25) is 0 Å². The molecule has 1 heterocycles. The van der Waals surface area contributed by atoms with Crippen molar-refractivity contribution in [2.24, 2.45) is 17.3 Å². The smallest absolute Gasteiger partial charge is 0.00385 e. The summed E-state index contributed by atoms with van der Waals surface area (Å²) in [5, 5.41) is 0. The van der Waals surface area contributed by atoms with E-state index in [0.717, 1.165) is 17.9 Å². The summed E-state index contributed by atoms with van der Waals surface area (Å²) in [7, 11) is 0. The van der Waals surface area contributed by atoms with Crippen LogP contribution >= 0.6 is 0 Å². The minimum Gasteiger partial charge on any atom is -0.301 e. The van der Waals surface area contributed by atoms with Gasteiger partial charge in [0.1, 0.15) is 0 Å². The van der Waals surface area contributed by atoms with Crippen LogP contribution in [-0.4, -0.2) is 24.0 Å². The molecule has 90 valence electrons. The molecule has 15 heavy (non-hydrogen) atoms. The molecule has 1 aliphatic rings. The summed E-state index contributed by atoms with van der Waals surface area (Å²) >= 11 is 0. The number of nitrogens with zero attached hydrogens (tertiary/aromatic N) is 1. The zero-order valence-corrected chi connectivity index (χ0v) is 11.5. The third kappa shape index (κ3) is 2.96. The lowest BCUT2D eigenvalue weighted by atomic mass is 9.67. The molecule has 0 atom stereocenters. The minimum atomic E-state index is 0.517. The van der Waals surface area contributed by atoms with Crippen molar-refractivity contribution in [3.63, 3.8) is 0 Å². The normalized spacial score (nSPS) is 21.6. The van der Waals surface area contributed by atoms with Crippen LogP contribution in [0, 0.1) is 17.3 Å². The van der Waals surface area contributed by atoms with Gasteiger partial charge in [0.15, 0.2) is 0 Å². The molecule has 1 saturated heterocycles. The van der Waals surface area contributed by atoms with Crippen molar-refractivity contribution < 1.29 is 0 Å². The van der Waals surface area contributed by atoms with Crippen molar-refractivity contribution in [1.82, 2.24) is 4.90 Å². The van der Waals surface area contributed by atoms with Crippen molar-refractivity contribution in [2.45, 2.75) is 60.4 Å². The molecule has 0 N–H and O–H groups in total. The van der Waals surface area contributed by atoms with Crippen LogP contribution in [0.25, 0.3) is 0 Å². The Morgan fingerprint density at radius 1 is 1.00 bits per heavy atom. The lowest BCUT2D eigenvalue weighted by molar-refractivity contribution is 0.0542. The van der Waals surface area contributed by atoms with Crippen molar-refractivity contribution in [1.29, 1.82) is 0 Å². The largest absolute Gasteiger partial charge is 0.301 e. The predicted octanol–water partition coefficient (Wildman–Crippen LogP) is 3.79. The fourth-order valence-corrected chi connectivity index (χ4v) is 2.63. The molecule has 0 aliphatic carbocycles. The molecule has 0 radical (unpaired) electrons. The molecule has 1 heteroatoms. The minimum absolute atomic E-state index is 0.517. The molecule has 0 aromatic heterocycles. The van der Waals surface area contributed by atoms with E-state index in [1.807, 2.05) is 0 Å². The molecule has 0 aromatic rings. The summed E-state index contributed by atoms with van der Waals surface area (Å²) in [5.41, 5.74) is 0.517. The van der Waals surface area contributed by atoms with Crippen LogP contribution in [0.15, 0.2) is 0 Å². The zero-order valence-electron chi connectivity index (χ0n) is 11.5. The van der Waals surface area contributed by atoms with Gasteiger partial charge in [0.25, 0.3) is 0 Å². The molecule has 0 unspecified atom stereocenters. The Morgan fingerprint density at radius 2 is 1.47 bits per heavy atom. The molecule has 0 spiro atoms. The summed E-state index contributed by atoms with van der Waals surface area (Å²) in [5.74, 6) is 1.72. The highest BCUT2D eigenvalue weighted by atomic mass is 15.1. The molecule has 0 aromatic carbocycles. The van der Waals surface area contributed by atoms with Gasteiger partial charge in [0, 0.05) is 6.04 Å². The first-order chi connectivity index (χ1) is 6.85. The van der Waals surface area contributed by atoms with Gasteiger partial charge in [-0.1, -0.05) is 27.7 Å². The first-order valence-electron chi connectivity index (χ1n) is 6.59. The fraction of sp³-hybridized carbons (Fsp3) is 1.00. The van der Waals surface area contributed by atoms with Gasteiger partial charge in [-0.05, 0) is 57.0 Å². The highest BCUT2D eigenvalue weighted by Crippen LogP contribution is 2.40. The van der Waals surface area contributed by atoms with Crippen LogP contribution in [0.2, 0.25) is 0 Å². The average molecular weight is 211 g/mol. The Labute approximate surface area is 96.2 Å². The van der Waals surface area contributed by atoms with Crippen LogP contribution < -0.4 is 0 Å². The Kier molecular flexibility index (Phi) is 4.22. The Balaban J connectivity index is 2.50. The van der Waals surface area contributed by atoms with Crippen LogP contribution in [-0.2, 0) is 0 Å². The van der Waals surface area contributed by atoms with Gasteiger partial charge in [0.05, 0.1) is 0 Å². The lowest BCUT2D eigenvalue weighted by Gasteiger charge is -2.44. The SMILES string of the molecule is CC(C)N1CCC(C(C)(C)C(C)C)CC1. The summed E-state index contributed by atoms with van der Waals surface area (Å²) in [6.45, 7) is 16.9. The lowest BCUT2D eigenvalue weighted by Crippen LogP contribution is -2.43. The maximum absolute atomic E-state index is 2.62. The average Bonchev–Trinajstić information content (AvgIpc) is 2.17. The number of piperidine rings is 1. The van der Waals surface area contributed by atoms with Crippen molar-refractivity contribution in [2.75, 3.05) is 13.1 Å². The maximum atomic E-state index is 2.62. The number of likely N-dealkylation sites (tertiary alicyclic amines) is 1. The first-order valence-corrected chi connectivity index (χ1v) is 6.59. The molecule has 1 nitrogen and oxygen atoms in total. The summed E-state index contributed by atoms with van der Waals surface area (Å²) < 4.78 is 0. The molecule has 0 saturated carbocycles. The van der Waals surface area contributed by atoms with Crippen LogP contribution in [0.3, 0.4) is 0 Å². The van der Waals surface area contributed by atoms with E-state index in [0.29, 0.717) is 5.41 Å². The zero-order chi connectivity index (χ0) is 11.6. The highest BCUT2D eigenvalue weighted by molar-refractivity contribution is 4.86. The second-order valence-corrected chi connectivity index (χ2v) is 6.38. The standard InChI is InChI=1S/C14H29N/c1-11(2)14(5,6)13-7-9-15(10-8-13)12(3)4/h11-13H,7-10H2,1-6H3. The van der Waals surface area contributed by atoms with E-state index >= 15 is 0 Å². The van der Waals surface area contributed by atoms with E-state index in [4.69, 9.17) is 0 Å². The van der Waals surface area contributed by atoms with Crippen LogP contribution in [0.4, 0.5) is 0 Å². The number of rotatable bonds is 3. The second-order valence-electron chi connectivity index (χ2n) is 6.38. The summed E-state index contributed by atoms with van der Waals surface area (Å²) in [6, 6.07) is 0.730. The molecular weight excluding hydrogens is 182 g/mol. The van der Waals surface area contributed by atoms with Gasteiger partial charge in [-0.15, -0.1) is 0 Å². The molecule has 1 aliphatic heterocycles. The van der Waals surface area contributed by atoms with E-state index in [2.05, 4.69) is 46.4 Å². The number of hydrogen-bond donors (Lipinski definition) is 0. The van der Waals surface area contributed by atoms with E-state index in [9.17, 15) is 0 Å². The van der Waals surface area contributed by atoms with Crippen molar-refractivity contribution >= 4 is 0 Å². The van der Waals surface area contributed by atoms with Gasteiger partial charge >= 0.3 is 0 Å². The van der Waals surface area contributed by atoms with E-state index in [1.54, 1.807) is 0 Å². The van der Waals surface area contributed by atoms with E-state index in [-0.39, 0.29) is 0 Å². The Hall–Kier alpha value is -0.0400. The third-order valence-electron chi connectivity index (χ3n) is 4.80. The maximum Gasteiger partial charge on any atom is 0.00385 e. The summed E-state index contributed by atoms with van der Waals surface area (Å²) in [4.78, 5) is 2.62. The fourth-order valence-electron chi connectivity index (χ4n) is 2.63. The molecule has 0 amide bonds. The number of hydrogen-bond acceptors (Lipinski definition) is 1. The monoisotopic (exact) mass is 211 g/mol. The van der Waals surface area contributed by atoms with E-state index in [1.165, 1.54) is 25.9 Å². The second kappa shape index (κ2) is 4.86. The topological polar surface area (TPSA) is 3.24 Å². The Morgan fingerprint density at radius 3 is 1.80 bits per heavy atom. The molecule has 1 fully saturated rings. The van der Waals surface area contributed by atoms with Gasteiger partial charge in [-0.2, -0.15) is 0 Å². The van der Waals surface area contributed by atoms with Gasteiger partial charge < -0.3 is 4.90 Å². The first kappa shape index (κ1) is 13.0. The van der Waals surface area contributed by atoms with Gasteiger partial charge in [-0.25, -0.2) is 0 Å². The van der Waals surface area contributed by atoms with Crippen molar-refractivity contribution in [3.8, 4) is 0 Å². The Bertz CT molecular complexity index is 186. The van der Waals surface area contributed by atoms with Crippen molar-refractivity contribution in [3.05, 3.63) is 0 Å². The van der Waals surface area contributed by atoms with Crippen LogP contribution in [0.5, 0.6) is 0 Å². The van der Waals surface area contributed by atoms with Crippen LogP contribution in [0.1, 0.15) is 54.4 Å². The molecular formula is C14H29N. The third-order valence-corrected chi connectivity index (χ3v) is 4.80. The van der Waals surface area contributed by atoms with E-state index < -0.39 is 0 Å². The summed E-state index contributed by atoms with van der Waals surface area (Å²) in [6.07, 6.45) is 2.78.